The molecule has 3 aromatic rings. The molecule has 0 bridgehead atoms. The van der Waals surface area contributed by atoms with Gasteiger partial charge in [-0.15, -0.1) is 11.8 Å². The molecular formula is C21H21N5S. The lowest BCUT2D eigenvalue weighted by atomic mass is 9.97. The Balaban J connectivity index is 1.93. The first-order valence-electron chi connectivity index (χ1n) is 9.11. The molecular weight excluding hydrogens is 354 g/mol. The third kappa shape index (κ3) is 3.19. The molecule has 0 saturated carbocycles. The number of aromatic nitrogens is 3. The van der Waals surface area contributed by atoms with E-state index in [4.69, 9.17) is 5.10 Å². The summed E-state index contributed by atoms with van der Waals surface area (Å²) in [6, 6.07) is 14.1. The van der Waals surface area contributed by atoms with Crippen LogP contribution in [0.25, 0.3) is 11.4 Å². The topological polar surface area (TPSA) is 66.5 Å². The molecule has 0 saturated heterocycles. The summed E-state index contributed by atoms with van der Waals surface area (Å²) < 4.78 is 2.04. The molecule has 2 aromatic heterocycles. The van der Waals surface area contributed by atoms with E-state index in [1.165, 1.54) is 11.1 Å². The number of rotatable bonds is 3. The van der Waals surface area contributed by atoms with Gasteiger partial charge in [0.05, 0.1) is 22.6 Å². The summed E-state index contributed by atoms with van der Waals surface area (Å²) in [5, 5.41) is 17.8. The molecule has 136 valence electrons. The number of nitrogens with zero attached hydrogens (tertiary/aromatic N) is 4. The first kappa shape index (κ1) is 17.6. The van der Waals surface area contributed by atoms with Gasteiger partial charge < -0.3 is 5.32 Å². The molecule has 4 rings (SSSR count). The number of pyridine rings is 1. The van der Waals surface area contributed by atoms with E-state index in [-0.39, 0.29) is 5.25 Å². The van der Waals surface area contributed by atoms with E-state index in [1.807, 2.05) is 53.0 Å². The normalized spacial score (nSPS) is 16.1. The van der Waals surface area contributed by atoms with Gasteiger partial charge in [-0.25, -0.2) is 4.68 Å². The Morgan fingerprint density at radius 2 is 2.22 bits per heavy atom. The average Bonchev–Trinajstić information content (AvgIpc) is 2.94. The molecule has 0 radical (unpaired) electrons. The maximum absolute atomic E-state index is 9.21. The van der Waals surface area contributed by atoms with Crippen molar-refractivity contribution in [3.05, 3.63) is 64.8 Å². The van der Waals surface area contributed by atoms with Crippen molar-refractivity contribution in [1.82, 2.24) is 14.8 Å². The van der Waals surface area contributed by atoms with E-state index in [0.717, 1.165) is 41.6 Å². The van der Waals surface area contributed by atoms with Crippen LogP contribution in [-0.2, 0) is 6.54 Å². The van der Waals surface area contributed by atoms with Crippen LogP contribution in [0, 0.1) is 18.3 Å². The Labute approximate surface area is 163 Å². The summed E-state index contributed by atoms with van der Waals surface area (Å²) in [5.74, 6) is 2.08. The van der Waals surface area contributed by atoms with Crippen LogP contribution < -0.4 is 5.32 Å². The highest BCUT2D eigenvalue weighted by Gasteiger charge is 2.30. The molecule has 1 N–H and O–H groups in total. The van der Waals surface area contributed by atoms with Crippen molar-refractivity contribution in [2.75, 3.05) is 17.6 Å². The molecule has 1 aromatic carbocycles. The van der Waals surface area contributed by atoms with E-state index < -0.39 is 0 Å². The highest BCUT2D eigenvalue weighted by Crippen LogP contribution is 2.46. The molecule has 1 atom stereocenters. The van der Waals surface area contributed by atoms with Crippen LogP contribution in [0.5, 0.6) is 0 Å². The van der Waals surface area contributed by atoms with E-state index in [9.17, 15) is 5.26 Å². The molecule has 5 nitrogen and oxygen atoms in total. The monoisotopic (exact) mass is 375 g/mol. The Morgan fingerprint density at radius 3 is 2.93 bits per heavy atom. The van der Waals surface area contributed by atoms with Gasteiger partial charge in [0.2, 0.25) is 0 Å². The minimum Gasteiger partial charge on any atom is -0.369 e. The third-order valence-electron chi connectivity index (χ3n) is 4.82. The Morgan fingerprint density at radius 1 is 1.33 bits per heavy atom. The van der Waals surface area contributed by atoms with Crippen LogP contribution in [-0.4, -0.2) is 27.1 Å². The number of hydrogen-bond acceptors (Lipinski definition) is 5. The number of anilines is 1. The van der Waals surface area contributed by atoms with Gasteiger partial charge >= 0.3 is 0 Å². The summed E-state index contributed by atoms with van der Waals surface area (Å²) in [4.78, 5) is 4.56. The second-order valence-electron chi connectivity index (χ2n) is 6.50. The summed E-state index contributed by atoms with van der Waals surface area (Å²) in [6.07, 6.45) is 1.81. The minimum atomic E-state index is 0.153. The molecule has 27 heavy (non-hydrogen) atoms. The number of fused-ring (bicyclic) bond motifs is 1. The van der Waals surface area contributed by atoms with Crippen molar-refractivity contribution in [1.29, 1.82) is 5.26 Å². The predicted molar refractivity (Wildman–Crippen MR) is 110 cm³/mol. The fourth-order valence-corrected chi connectivity index (χ4v) is 4.84. The number of nitriles is 1. The van der Waals surface area contributed by atoms with Gasteiger partial charge in [0.1, 0.15) is 11.5 Å². The third-order valence-corrected chi connectivity index (χ3v) is 6.08. The molecule has 0 aliphatic carbocycles. The maximum atomic E-state index is 9.21. The van der Waals surface area contributed by atoms with Gasteiger partial charge in [-0.3, -0.25) is 4.98 Å². The summed E-state index contributed by atoms with van der Waals surface area (Å²) >= 11 is 1.91. The van der Waals surface area contributed by atoms with Crippen LogP contribution in [0.3, 0.4) is 0 Å². The molecule has 1 aliphatic rings. The zero-order valence-electron chi connectivity index (χ0n) is 15.4. The lowest BCUT2D eigenvalue weighted by Gasteiger charge is -2.18. The average molecular weight is 376 g/mol. The summed E-state index contributed by atoms with van der Waals surface area (Å²) in [5.41, 5.74) is 6.07. The maximum Gasteiger partial charge on any atom is 0.129 e. The minimum absolute atomic E-state index is 0.153. The smallest absolute Gasteiger partial charge is 0.129 e. The Kier molecular flexibility index (Phi) is 4.87. The van der Waals surface area contributed by atoms with Crippen molar-refractivity contribution in [3.8, 4) is 17.5 Å². The van der Waals surface area contributed by atoms with E-state index >= 15 is 0 Å². The fourth-order valence-electron chi connectivity index (χ4n) is 3.55. The molecule has 0 fully saturated rings. The van der Waals surface area contributed by atoms with Crippen LogP contribution >= 0.6 is 11.8 Å². The molecule has 3 heterocycles. The van der Waals surface area contributed by atoms with Gasteiger partial charge in [0, 0.05) is 30.6 Å². The fraction of sp³-hybridized carbons (Fsp3) is 0.286. The molecule has 0 spiro atoms. The Hall–Kier alpha value is -2.78. The molecule has 6 heteroatoms. The SMILES string of the molecule is CCn1nc(-c2ccccn2)c2c1NCCS[C@H]2c1ccc(C#N)cc1C. The zero-order chi connectivity index (χ0) is 18.8. The van der Waals surface area contributed by atoms with Gasteiger partial charge in [0.25, 0.3) is 0 Å². The Bertz CT molecular complexity index is 1000. The van der Waals surface area contributed by atoms with E-state index in [0.29, 0.717) is 5.56 Å². The van der Waals surface area contributed by atoms with Crippen molar-refractivity contribution >= 4 is 17.6 Å². The zero-order valence-corrected chi connectivity index (χ0v) is 16.3. The van der Waals surface area contributed by atoms with Crippen molar-refractivity contribution in [3.63, 3.8) is 0 Å². The summed E-state index contributed by atoms with van der Waals surface area (Å²) in [7, 11) is 0. The largest absolute Gasteiger partial charge is 0.369 e. The number of nitrogens with one attached hydrogen (secondary N) is 1. The van der Waals surface area contributed by atoms with Gasteiger partial charge in [-0.1, -0.05) is 12.1 Å². The second kappa shape index (κ2) is 7.45. The van der Waals surface area contributed by atoms with Crippen molar-refractivity contribution in [2.24, 2.45) is 0 Å². The van der Waals surface area contributed by atoms with Gasteiger partial charge in [-0.2, -0.15) is 10.4 Å². The number of aryl methyl sites for hydroxylation is 2. The standard InChI is InChI=1S/C21H21N5S/c1-3-26-21-18(19(25-26)17-6-4-5-9-23-17)20(27-11-10-24-21)16-8-7-15(13-22)12-14(16)2/h4-9,12,20,24H,3,10-11H2,1-2H3/t20-/m0/s1. The van der Waals surface area contributed by atoms with E-state index in [2.05, 4.69) is 36.3 Å². The predicted octanol–water partition coefficient (Wildman–Crippen LogP) is 4.39. The highest BCUT2D eigenvalue weighted by atomic mass is 32.2. The first-order chi connectivity index (χ1) is 13.2. The van der Waals surface area contributed by atoms with Crippen molar-refractivity contribution < 1.29 is 0 Å². The first-order valence-corrected chi connectivity index (χ1v) is 10.2. The number of hydrogen-bond donors (Lipinski definition) is 1. The van der Waals surface area contributed by atoms with Crippen LogP contribution in [0.4, 0.5) is 5.82 Å². The highest BCUT2D eigenvalue weighted by molar-refractivity contribution is 7.99. The summed E-state index contributed by atoms with van der Waals surface area (Å²) in [6.45, 7) is 5.89. The van der Waals surface area contributed by atoms with Crippen LogP contribution in [0.1, 0.15) is 34.4 Å². The van der Waals surface area contributed by atoms with Gasteiger partial charge in [-0.05, 0) is 49.2 Å². The second-order valence-corrected chi connectivity index (χ2v) is 7.72. The quantitative estimate of drug-likeness (QED) is 0.735. The number of thioether (sulfide) groups is 1. The van der Waals surface area contributed by atoms with Crippen LogP contribution in [0.2, 0.25) is 0 Å². The molecule has 0 amide bonds. The molecule has 1 aliphatic heterocycles. The van der Waals surface area contributed by atoms with Crippen LogP contribution in [0.15, 0.2) is 42.6 Å². The lowest BCUT2D eigenvalue weighted by Crippen LogP contribution is -2.08. The van der Waals surface area contributed by atoms with Crippen molar-refractivity contribution in [2.45, 2.75) is 25.6 Å². The van der Waals surface area contributed by atoms with Gasteiger partial charge in [0.15, 0.2) is 0 Å². The number of benzene rings is 1. The van der Waals surface area contributed by atoms with E-state index in [1.54, 1.807) is 0 Å². The molecule has 0 unspecified atom stereocenters. The lowest BCUT2D eigenvalue weighted by molar-refractivity contribution is 0.666.